The van der Waals surface area contributed by atoms with E-state index in [4.69, 9.17) is 4.74 Å². The van der Waals surface area contributed by atoms with E-state index in [0.29, 0.717) is 12.6 Å². The average molecular weight is 195 g/mol. The molecule has 2 aromatic rings. The second-order valence-electron chi connectivity index (χ2n) is 2.51. The van der Waals surface area contributed by atoms with Crippen LogP contribution in [0.15, 0.2) is 6.20 Å². The molecule has 0 aliphatic carbocycles. The summed E-state index contributed by atoms with van der Waals surface area (Å²) in [5, 5.41) is 0.998. The van der Waals surface area contributed by atoms with Crippen molar-refractivity contribution in [1.29, 1.82) is 0 Å². The van der Waals surface area contributed by atoms with E-state index < -0.39 is 0 Å². The maximum absolute atomic E-state index is 5.18. The fraction of sp³-hybridized carbons (Fsp3) is 0.375. The second kappa shape index (κ2) is 3.26. The molecule has 0 spiro atoms. The minimum absolute atomic E-state index is 0.429. The Kier molecular flexibility index (Phi) is 2.10. The lowest BCUT2D eigenvalue weighted by Crippen LogP contribution is -1.96. The molecule has 0 aromatic carbocycles. The molecule has 5 heteroatoms. The molecule has 2 heterocycles. The van der Waals surface area contributed by atoms with Gasteiger partial charge in [-0.3, -0.25) is 0 Å². The summed E-state index contributed by atoms with van der Waals surface area (Å²) < 4.78 is 5.18. The Labute approximate surface area is 79.6 Å². The molecule has 0 bridgehead atoms. The predicted octanol–water partition coefficient (Wildman–Crippen LogP) is 1.79. The van der Waals surface area contributed by atoms with Crippen molar-refractivity contribution in [2.75, 3.05) is 6.61 Å². The summed E-state index contributed by atoms with van der Waals surface area (Å²) in [6.45, 7) is 4.45. The largest absolute Gasteiger partial charge is 0.464 e. The number of hydrogen-bond donors (Lipinski definition) is 0. The van der Waals surface area contributed by atoms with Crippen molar-refractivity contribution in [3.8, 4) is 6.01 Å². The van der Waals surface area contributed by atoms with E-state index in [-0.39, 0.29) is 0 Å². The molecule has 0 saturated carbocycles. The van der Waals surface area contributed by atoms with Gasteiger partial charge in [-0.15, -0.1) is 0 Å². The molecule has 0 aliphatic heterocycles. The summed E-state index contributed by atoms with van der Waals surface area (Å²) in [5.74, 6) is 0. The van der Waals surface area contributed by atoms with E-state index in [1.807, 2.05) is 13.8 Å². The Morgan fingerprint density at radius 1 is 1.46 bits per heavy atom. The molecule has 68 valence electrons. The molecule has 0 aliphatic rings. The van der Waals surface area contributed by atoms with Gasteiger partial charge >= 0.3 is 6.01 Å². The summed E-state index contributed by atoms with van der Waals surface area (Å²) in [6, 6.07) is 0.429. The van der Waals surface area contributed by atoms with Crippen molar-refractivity contribution in [1.82, 2.24) is 15.0 Å². The van der Waals surface area contributed by atoms with Crippen molar-refractivity contribution in [2.45, 2.75) is 13.8 Å². The van der Waals surface area contributed by atoms with E-state index in [1.165, 1.54) is 0 Å². The van der Waals surface area contributed by atoms with Crippen molar-refractivity contribution in [2.24, 2.45) is 0 Å². The van der Waals surface area contributed by atoms with Gasteiger partial charge in [0, 0.05) is 0 Å². The second-order valence-corrected chi connectivity index (χ2v) is 3.69. The van der Waals surface area contributed by atoms with Gasteiger partial charge in [0.1, 0.15) is 5.52 Å². The van der Waals surface area contributed by atoms with Crippen LogP contribution < -0.4 is 4.74 Å². The lowest BCUT2D eigenvalue weighted by molar-refractivity contribution is 0.314. The summed E-state index contributed by atoms with van der Waals surface area (Å²) in [6.07, 6.45) is 1.69. The van der Waals surface area contributed by atoms with Crippen LogP contribution >= 0.6 is 11.3 Å². The van der Waals surface area contributed by atoms with E-state index >= 15 is 0 Å². The molecule has 0 N–H and O–H groups in total. The van der Waals surface area contributed by atoms with Crippen molar-refractivity contribution in [3.63, 3.8) is 0 Å². The zero-order chi connectivity index (χ0) is 9.26. The van der Waals surface area contributed by atoms with Gasteiger partial charge in [0.25, 0.3) is 0 Å². The van der Waals surface area contributed by atoms with Crippen molar-refractivity contribution < 1.29 is 4.74 Å². The Morgan fingerprint density at radius 3 is 3.08 bits per heavy atom. The SMILES string of the molecule is CCOc1ncc2nc(C)sc2n1. The molecule has 0 radical (unpaired) electrons. The smallest absolute Gasteiger partial charge is 0.317 e. The van der Waals surface area contributed by atoms with Crippen LogP contribution in [0.1, 0.15) is 11.9 Å². The van der Waals surface area contributed by atoms with E-state index in [1.54, 1.807) is 17.5 Å². The number of fused-ring (bicyclic) bond motifs is 1. The number of nitrogens with zero attached hydrogens (tertiary/aromatic N) is 3. The molecular formula is C8H9N3OS. The van der Waals surface area contributed by atoms with E-state index in [0.717, 1.165) is 15.4 Å². The number of aryl methyl sites for hydroxylation is 1. The maximum atomic E-state index is 5.18. The zero-order valence-corrected chi connectivity index (χ0v) is 8.26. The van der Waals surface area contributed by atoms with Crippen LogP contribution in [0.2, 0.25) is 0 Å². The summed E-state index contributed by atoms with van der Waals surface area (Å²) in [4.78, 5) is 13.4. The standard InChI is InChI=1S/C8H9N3OS/c1-3-12-8-9-4-6-7(11-8)13-5(2)10-6/h4H,3H2,1-2H3. The quantitative estimate of drug-likeness (QED) is 0.733. The molecule has 0 fully saturated rings. The van der Waals surface area contributed by atoms with Crippen LogP contribution in [0, 0.1) is 6.92 Å². The van der Waals surface area contributed by atoms with Gasteiger partial charge in [-0.1, -0.05) is 11.3 Å². The normalized spacial score (nSPS) is 10.6. The van der Waals surface area contributed by atoms with Crippen molar-refractivity contribution in [3.05, 3.63) is 11.2 Å². The average Bonchev–Trinajstić information content (AvgIpc) is 2.44. The maximum Gasteiger partial charge on any atom is 0.317 e. The van der Waals surface area contributed by atoms with Crippen LogP contribution in [0.3, 0.4) is 0 Å². The van der Waals surface area contributed by atoms with E-state index in [2.05, 4.69) is 15.0 Å². The molecule has 0 unspecified atom stereocenters. The van der Waals surface area contributed by atoms with Crippen LogP contribution in [0.25, 0.3) is 10.3 Å². The fourth-order valence-electron chi connectivity index (χ4n) is 1.03. The molecule has 0 saturated heterocycles. The summed E-state index contributed by atoms with van der Waals surface area (Å²) in [7, 11) is 0. The highest BCUT2D eigenvalue weighted by molar-refractivity contribution is 7.18. The predicted molar refractivity (Wildman–Crippen MR) is 51.1 cm³/mol. The first-order valence-corrected chi connectivity index (χ1v) is 4.84. The van der Waals surface area contributed by atoms with Gasteiger partial charge < -0.3 is 4.74 Å². The third-order valence-corrected chi connectivity index (χ3v) is 2.39. The molecule has 2 rings (SSSR count). The first kappa shape index (κ1) is 8.37. The Bertz CT molecular complexity index is 426. The molecule has 4 nitrogen and oxygen atoms in total. The van der Waals surface area contributed by atoms with Crippen molar-refractivity contribution >= 4 is 21.7 Å². The monoisotopic (exact) mass is 195 g/mol. The minimum Gasteiger partial charge on any atom is -0.464 e. The van der Waals surface area contributed by atoms with Crippen LogP contribution in [0.5, 0.6) is 6.01 Å². The lowest BCUT2D eigenvalue weighted by Gasteiger charge is -1.97. The number of ether oxygens (including phenoxy) is 1. The van der Waals surface area contributed by atoms with Gasteiger partial charge in [0.2, 0.25) is 0 Å². The number of hydrogen-bond acceptors (Lipinski definition) is 5. The van der Waals surface area contributed by atoms with Gasteiger partial charge in [-0.25, -0.2) is 9.97 Å². The zero-order valence-electron chi connectivity index (χ0n) is 7.44. The number of thiazole rings is 1. The van der Waals surface area contributed by atoms with Gasteiger partial charge in [-0.05, 0) is 13.8 Å². The molecule has 13 heavy (non-hydrogen) atoms. The van der Waals surface area contributed by atoms with Gasteiger partial charge in [-0.2, -0.15) is 4.98 Å². The third kappa shape index (κ3) is 1.60. The first-order valence-electron chi connectivity index (χ1n) is 4.02. The van der Waals surface area contributed by atoms with Gasteiger partial charge in [0.05, 0.1) is 17.8 Å². The van der Waals surface area contributed by atoms with E-state index in [9.17, 15) is 0 Å². The lowest BCUT2D eigenvalue weighted by atomic mass is 10.6. The molecular weight excluding hydrogens is 186 g/mol. The third-order valence-electron chi connectivity index (χ3n) is 1.51. The summed E-state index contributed by atoms with van der Waals surface area (Å²) >= 11 is 1.55. The minimum atomic E-state index is 0.429. The van der Waals surface area contributed by atoms with Crippen LogP contribution in [0.4, 0.5) is 0 Å². The highest BCUT2D eigenvalue weighted by Crippen LogP contribution is 2.19. The number of aromatic nitrogens is 3. The van der Waals surface area contributed by atoms with Gasteiger partial charge in [0.15, 0.2) is 4.83 Å². The number of rotatable bonds is 2. The Morgan fingerprint density at radius 2 is 2.31 bits per heavy atom. The first-order chi connectivity index (χ1) is 6.29. The Hall–Kier alpha value is -1.23. The van der Waals surface area contributed by atoms with Crippen LogP contribution in [-0.4, -0.2) is 21.6 Å². The summed E-state index contributed by atoms with van der Waals surface area (Å²) in [5.41, 5.74) is 0.839. The highest BCUT2D eigenvalue weighted by atomic mass is 32.1. The Balaban J connectivity index is 2.48. The fourth-order valence-corrected chi connectivity index (χ4v) is 1.78. The molecule has 0 amide bonds. The topological polar surface area (TPSA) is 47.9 Å². The highest BCUT2D eigenvalue weighted by Gasteiger charge is 2.04. The molecule has 0 atom stereocenters. The van der Waals surface area contributed by atoms with Crippen LogP contribution in [-0.2, 0) is 0 Å². The molecule has 2 aromatic heterocycles.